The fourth-order valence-corrected chi connectivity index (χ4v) is 4.45. The van der Waals surface area contributed by atoms with Gasteiger partial charge >= 0.3 is 0 Å². The zero-order chi connectivity index (χ0) is 22.1. The third kappa shape index (κ3) is 4.53. The fraction of sp³-hybridized carbons (Fsp3) is 0.286. The summed E-state index contributed by atoms with van der Waals surface area (Å²) in [6.07, 6.45) is 1.54. The molecule has 10 heteroatoms. The first kappa shape index (κ1) is 21.2. The standard InChI is InChI=1S/C21H21IN6O3/c22-16-6-3-7-17(26-16)27-21(31)15-9-11-8-14(11)28(15)18(29)10-25-13-5-2-1-4-12(13)19(23)20(24)30/h1-7,11,14-15,23,25H,8-10H2,(H2,24,30)(H,26,27,31)/t11?,14-,15+/m1/s1. The van der Waals surface area contributed by atoms with Crippen molar-refractivity contribution in [2.24, 2.45) is 11.7 Å². The zero-order valence-electron chi connectivity index (χ0n) is 16.5. The molecule has 1 saturated carbocycles. The predicted octanol–water partition coefficient (Wildman–Crippen LogP) is 1.58. The first-order chi connectivity index (χ1) is 14.8. The van der Waals surface area contributed by atoms with Crippen LogP contribution >= 0.6 is 22.6 Å². The third-order valence-electron chi connectivity index (χ3n) is 5.53. The van der Waals surface area contributed by atoms with Gasteiger partial charge in [-0.25, -0.2) is 4.98 Å². The number of halogens is 1. The van der Waals surface area contributed by atoms with Crippen LogP contribution in [0.3, 0.4) is 0 Å². The molecule has 2 aromatic rings. The third-order valence-corrected chi connectivity index (χ3v) is 6.14. The normalized spacial score (nSPS) is 21.2. The number of nitrogens with zero attached hydrogens (tertiary/aromatic N) is 2. The Morgan fingerprint density at radius 3 is 2.68 bits per heavy atom. The summed E-state index contributed by atoms with van der Waals surface area (Å²) in [5.41, 5.74) is 5.69. The van der Waals surface area contributed by atoms with E-state index in [1.807, 2.05) is 12.1 Å². The van der Waals surface area contributed by atoms with E-state index in [0.717, 1.165) is 10.1 Å². The first-order valence-corrected chi connectivity index (χ1v) is 10.9. The van der Waals surface area contributed by atoms with E-state index >= 15 is 0 Å². The Hall–Kier alpha value is -3.02. The highest BCUT2D eigenvalue weighted by molar-refractivity contribution is 14.1. The molecule has 2 heterocycles. The van der Waals surface area contributed by atoms with Crippen molar-refractivity contribution in [1.82, 2.24) is 9.88 Å². The van der Waals surface area contributed by atoms with Crippen LogP contribution in [0, 0.1) is 15.0 Å². The van der Waals surface area contributed by atoms with Crippen LogP contribution in [-0.2, 0) is 14.4 Å². The second kappa shape index (κ2) is 8.61. The van der Waals surface area contributed by atoms with E-state index in [4.69, 9.17) is 11.1 Å². The molecule has 160 valence electrons. The van der Waals surface area contributed by atoms with Crippen molar-refractivity contribution in [2.75, 3.05) is 17.2 Å². The monoisotopic (exact) mass is 532 g/mol. The number of amides is 3. The molecule has 1 aliphatic carbocycles. The van der Waals surface area contributed by atoms with Gasteiger partial charge in [0.2, 0.25) is 11.8 Å². The number of hydrogen-bond acceptors (Lipinski definition) is 6. The highest BCUT2D eigenvalue weighted by Crippen LogP contribution is 2.48. The maximum Gasteiger partial charge on any atom is 0.267 e. The highest BCUT2D eigenvalue weighted by Gasteiger charge is 2.55. The summed E-state index contributed by atoms with van der Waals surface area (Å²) in [4.78, 5) is 43.2. The minimum Gasteiger partial charge on any atom is -0.376 e. The lowest BCUT2D eigenvalue weighted by molar-refractivity contribution is -0.136. The SMILES string of the molecule is N=C(C(N)=O)c1ccccc1NCC(=O)N1[C@@H]2CC2C[C@H]1C(=O)Nc1cccc(I)n1. The van der Waals surface area contributed by atoms with Gasteiger partial charge in [-0.2, -0.15) is 0 Å². The molecule has 31 heavy (non-hydrogen) atoms. The second-order valence-electron chi connectivity index (χ2n) is 7.59. The van der Waals surface area contributed by atoms with Crippen molar-refractivity contribution < 1.29 is 14.4 Å². The summed E-state index contributed by atoms with van der Waals surface area (Å²) >= 11 is 2.07. The molecule has 1 aromatic heterocycles. The quantitative estimate of drug-likeness (QED) is 0.244. The number of primary amides is 1. The van der Waals surface area contributed by atoms with E-state index in [9.17, 15) is 14.4 Å². The number of hydrogen-bond donors (Lipinski definition) is 4. The molecule has 1 aliphatic heterocycles. The largest absolute Gasteiger partial charge is 0.376 e. The molecule has 1 aromatic carbocycles. The maximum absolute atomic E-state index is 13.0. The molecule has 1 unspecified atom stereocenters. The second-order valence-corrected chi connectivity index (χ2v) is 8.69. The number of likely N-dealkylation sites (tertiary alicyclic amines) is 1. The number of carbonyl (C=O) groups excluding carboxylic acids is 3. The zero-order valence-corrected chi connectivity index (χ0v) is 18.6. The average Bonchev–Trinajstić information content (AvgIpc) is 3.41. The van der Waals surface area contributed by atoms with Gasteiger partial charge in [0.05, 0.1) is 6.54 Å². The van der Waals surface area contributed by atoms with Gasteiger partial charge in [-0.05, 0) is 59.5 Å². The van der Waals surface area contributed by atoms with Crippen molar-refractivity contribution in [3.05, 3.63) is 51.7 Å². The summed E-state index contributed by atoms with van der Waals surface area (Å²) in [6, 6.07) is 11.6. The molecule has 0 spiro atoms. The number of benzene rings is 1. The predicted molar refractivity (Wildman–Crippen MR) is 124 cm³/mol. The number of nitrogens with two attached hydrogens (primary N) is 1. The maximum atomic E-state index is 13.0. The van der Waals surface area contributed by atoms with Crippen molar-refractivity contribution in [1.29, 1.82) is 5.41 Å². The first-order valence-electron chi connectivity index (χ1n) is 9.81. The van der Waals surface area contributed by atoms with Gasteiger partial charge in [0, 0.05) is 17.3 Å². The summed E-state index contributed by atoms with van der Waals surface area (Å²) in [7, 11) is 0. The molecular weight excluding hydrogens is 511 g/mol. The Balaban J connectivity index is 1.44. The summed E-state index contributed by atoms with van der Waals surface area (Å²) in [5.74, 6) is -0.491. The van der Waals surface area contributed by atoms with Gasteiger partial charge in [0.1, 0.15) is 21.3 Å². The van der Waals surface area contributed by atoms with Gasteiger partial charge in [-0.15, -0.1) is 0 Å². The molecule has 1 saturated heterocycles. The van der Waals surface area contributed by atoms with Crippen molar-refractivity contribution in [2.45, 2.75) is 24.9 Å². The number of pyridine rings is 1. The topological polar surface area (TPSA) is 141 Å². The molecule has 0 radical (unpaired) electrons. The van der Waals surface area contributed by atoms with Crippen LogP contribution in [0.25, 0.3) is 0 Å². The molecule has 3 amide bonds. The van der Waals surface area contributed by atoms with Crippen molar-refractivity contribution >= 4 is 57.5 Å². The van der Waals surface area contributed by atoms with Crippen molar-refractivity contribution in [3.63, 3.8) is 0 Å². The summed E-state index contributed by atoms with van der Waals surface area (Å²) in [5, 5.41) is 13.7. The van der Waals surface area contributed by atoms with Crippen LogP contribution in [0.4, 0.5) is 11.5 Å². The van der Waals surface area contributed by atoms with E-state index < -0.39 is 11.9 Å². The number of rotatable bonds is 7. The number of anilines is 2. The number of para-hydroxylation sites is 1. The number of aromatic nitrogens is 1. The summed E-state index contributed by atoms with van der Waals surface area (Å²) < 4.78 is 0.766. The lowest BCUT2D eigenvalue weighted by atomic mass is 10.1. The van der Waals surface area contributed by atoms with Gasteiger partial charge < -0.3 is 21.3 Å². The molecular formula is C21H21IN6O3. The smallest absolute Gasteiger partial charge is 0.267 e. The lowest BCUT2D eigenvalue weighted by Crippen LogP contribution is -2.47. The van der Waals surface area contributed by atoms with Crippen molar-refractivity contribution in [3.8, 4) is 0 Å². The fourth-order valence-electron chi connectivity index (χ4n) is 3.99. The van der Waals surface area contributed by atoms with E-state index in [0.29, 0.717) is 29.4 Å². The van der Waals surface area contributed by atoms with Crippen LogP contribution in [0.15, 0.2) is 42.5 Å². The number of nitrogens with one attached hydrogen (secondary N) is 3. The van der Waals surface area contributed by atoms with Crippen LogP contribution in [-0.4, -0.2) is 51.9 Å². The van der Waals surface area contributed by atoms with Gasteiger partial charge in [0.15, 0.2) is 0 Å². The number of piperidine rings is 1. The van der Waals surface area contributed by atoms with Gasteiger partial charge in [-0.1, -0.05) is 24.3 Å². The number of carbonyl (C=O) groups is 3. The molecule has 5 N–H and O–H groups in total. The molecule has 2 fully saturated rings. The Morgan fingerprint density at radius 1 is 1.16 bits per heavy atom. The molecule has 4 rings (SSSR count). The van der Waals surface area contributed by atoms with Crippen LogP contribution in [0.2, 0.25) is 0 Å². The minimum absolute atomic E-state index is 0.0580. The molecule has 3 atom stereocenters. The number of fused-ring (bicyclic) bond motifs is 1. The van der Waals surface area contributed by atoms with E-state index in [2.05, 4.69) is 38.2 Å². The van der Waals surface area contributed by atoms with Crippen LogP contribution < -0.4 is 16.4 Å². The van der Waals surface area contributed by atoms with E-state index in [1.165, 1.54) is 0 Å². The van der Waals surface area contributed by atoms with E-state index in [-0.39, 0.29) is 30.1 Å². The molecule has 0 bridgehead atoms. The molecule has 2 aliphatic rings. The van der Waals surface area contributed by atoms with Gasteiger partial charge in [-0.3, -0.25) is 19.8 Å². The van der Waals surface area contributed by atoms with Crippen LogP contribution in [0.5, 0.6) is 0 Å². The summed E-state index contributed by atoms with van der Waals surface area (Å²) in [6.45, 7) is -0.0580. The Bertz CT molecular complexity index is 1070. The highest BCUT2D eigenvalue weighted by atomic mass is 127. The van der Waals surface area contributed by atoms with E-state index in [1.54, 1.807) is 35.2 Å². The van der Waals surface area contributed by atoms with Gasteiger partial charge in [0.25, 0.3) is 5.91 Å². The van der Waals surface area contributed by atoms with Crippen LogP contribution in [0.1, 0.15) is 18.4 Å². The Labute approximate surface area is 192 Å². The Morgan fingerprint density at radius 2 is 1.94 bits per heavy atom. The minimum atomic E-state index is -0.846. The lowest BCUT2D eigenvalue weighted by Gasteiger charge is -2.27. The Kier molecular flexibility index (Phi) is 5.90. The molecule has 9 nitrogen and oxygen atoms in total. The average molecular weight is 532 g/mol.